The number of ether oxygens (including phenoxy) is 2. The van der Waals surface area contributed by atoms with Crippen LogP contribution in [-0.2, 0) is 9.47 Å². The predicted molar refractivity (Wildman–Crippen MR) is 34.0 cm³/mol. The molecule has 0 N–H and O–H groups in total. The first-order valence-electron chi connectivity index (χ1n) is 3.02. The van der Waals surface area contributed by atoms with E-state index in [-0.39, 0.29) is 6.10 Å². The molecule has 0 saturated carbocycles. The normalized spacial score (nSPS) is 26.9. The summed E-state index contributed by atoms with van der Waals surface area (Å²) in [6, 6.07) is 0. The molecule has 0 unspecified atom stereocenters. The molecule has 2 atom stereocenters. The second-order valence-corrected chi connectivity index (χ2v) is 2.10. The molecule has 1 rings (SSSR count). The Morgan fingerprint density at radius 3 is 3.11 bits per heavy atom. The van der Waals surface area contributed by atoms with Gasteiger partial charge in [0.1, 0.15) is 12.2 Å². The Balaban J connectivity index is 1.97. The summed E-state index contributed by atoms with van der Waals surface area (Å²) in [6.45, 7) is 3.32. The summed E-state index contributed by atoms with van der Waals surface area (Å²) in [4.78, 5) is 0. The van der Waals surface area contributed by atoms with Gasteiger partial charge >= 0.3 is 0 Å². The minimum absolute atomic E-state index is 0.0748. The van der Waals surface area contributed by atoms with Crippen LogP contribution >= 0.6 is 0 Å². The molecule has 1 aliphatic heterocycles. The Morgan fingerprint density at radius 2 is 2.67 bits per heavy atom. The molecule has 0 aromatic heterocycles. The quantitative estimate of drug-likeness (QED) is 0.404. The van der Waals surface area contributed by atoms with Gasteiger partial charge in [-0.1, -0.05) is 5.92 Å². The second kappa shape index (κ2) is 2.86. The highest BCUT2D eigenvalue weighted by Crippen LogP contribution is 2.09. The molecule has 0 amide bonds. The molecule has 0 aromatic rings. The van der Waals surface area contributed by atoms with Crippen molar-refractivity contribution in [3.8, 4) is 12.3 Å². The monoisotopic (exact) mass is 126 g/mol. The van der Waals surface area contributed by atoms with E-state index in [9.17, 15) is 0 Å². The van der Waals surface area contributed by atoms with Gasteiger partial charge in [-0.3, -0.25) is 0 Å². The summed E-state index contributed by atoms with van der Waals surface area (Å²) < 4.78 is 10.1. The lowest BCUT2D eigenvalue weighted by atomic mass is 10.4. The first-order chi connectivity index (χ1) is 4.33. The van der Waals surface area contributed by atoms with Crippen molar-refractivity contribution in [3.63, 3.8) is 0 Å². The molecule has 0 radical (unpaired) electrons. The lowest BCUT2D eigenvalue weighted by Crippen LogP contribution is -2.09. The molecule has 0 aliphatic carbocycles. The fourth-order valence-corrected chi connectivity index (χ4v) is 0.464. The first kappa shape index (κ1) is 6.60. The van der Waals surface area contributed by atoms with Crippen molar-refractivity contribution in [2.24, 2.45) is 0 Å². The molecule has 1 fully saturated rings. The van der Waals surface area contributed by atoms with E-state index < -0.39 is 0 Å². The van der Waals surface area contributed by atoms with Crippen LogP contribution in [0.15, 0.2) is 0 Å². The maximum Gasteiger partial charge on any atom is 0.115 e. The van der Waals surface area contributed by atoms with E-state index >= 15 is 0 Å². The lowest BCUT2D eigenvalue weighted by Gasteiger charge is -2.02. The van der Waals surface area contributed by atoms with Gasteiger partial charge in [0, 0.05) is 0 Å². The van der Waals surface area contributed by atoms with Gasteiger partial charge in [-0.05, 0) is 6.92 Å². The van der Waals surface area contributed by atoms with Crippen LogP contribution in [-0.4, -0.2) is 25.4 Å². The molecule has 1 saturated heterocycles. The summed E-state index contributed by atoms with van der Waals surface area (Å²) in [5.41, 5.74) is 0. The summed E-state index contributed by atoms with van der Waals surface area (Å²) in [5, 5.41) is 0. The minimum atomic E-state index is -0.0748. The highest BCUT2D eigenvalue weighted by molar-refractivity contribution is 4.91. The van der Waals surface area contributed by atoms with Crippen LogP contribution in [0.1, 0.15) is 6.92 Å². The highest BCUT2D eigenvalue weighted by atomic mass is 16.6. The Kier molecular flexibility index (Phi) is 2.10. The van der Waals surface area contributed by atoms with Crippen molar-refractivity contribution in [2.75, 3.05) is 13.2 Å². The number of hydrogen-bond acceptors (Lipinski definition) is 2. The van der Waals surface area contributed by atoms with Crippen molar-refractivity contribution in [1.29, 1.82) is 0 Å². The number of hydrogen-bond donors (Lipinski definition) is 0. The van der Waals surface area contributed by atoms with Gasteiger partial charge in [0.15, 0.2) is 0 Å². The van der Waals surface area contributed by atoms with Crippen LogP contribution in [0.3, 0.4) is 0 Å². The third-order valence-corrected chi connectivity index (χ3v) is 1.17. The predicted octanol–water partition coefficient (Wildman–Crippen LogP) is 0.423. The second-order valence-electron chi connectivity index (χ2n) is 2.10. The molecule has 0 spiro atoms. The van der Waals surface area contributed by atoms with Gasteiger partial charge < -0.3 is 9.47 Å². The third kappa shape index (κ3) is 2.50. The largest absolute Gasteiger partial charge is 0.371 e. The molecule has 0 bridgehead atoms. The number of rotatable bonds is 3. The van der Waals surface area contributed by atoms with Gasteiger partial charge in [-0.2, -0.15) is 0 Å². The minimum Gasteiger partial charge on any atom is -0.371 e. The molecule has 9 heavy (non-hydrogen) atoms. The zero-order chi connectivity index (χ0) is 6.69. The van der Waals surface area contributed by atoms with E-state index in [2.05, 4.69) is 5.92 Å². The van der Waals surface area contributed by atoms with Crippen LogP contribution in [0.2, 0.25) is 0 Å². The molecule has 1 aliphatic rings. The van der Waals surface area contributed by atoms with Crippen molar-refractivity contribution in [1.82, 2.24) is 0 Å². The van der Waals surface area contributed by atoms with E-state index in [1.54, 1.807) is 0 Å². The maximum atomic E-state index is 5.15. The molecule has 1 heterocycles. The number of epoxide rings is 1. The smallest absolute Gasteiger partial charge is 0.115 e. The van der Waals surface area contributed by atoms with E-state index in [1.807, 2.05) is 6.92 Å². The zero-order valence-electron chi connectivity index (χ0n) is 5.46. The summed E-state index contributed by atoms with van der Waals surface area (Å²) in [6.07, 6.45) is 5.31. The van der Waals surface area contributed by atoms with Gasteiger partial charge in [-0.25, -0.2) is 0 Å². The maximum absolute atomic E-state index is 5.15. The zero-order valence-corrected chi connectivity index (χ0v) is 5.46. The van der Waals surface area contributed by atoms with Crippen molar-refractivity contribution in [2.45, 2.75) is 19.1 Å². The SMILES string of the molecule is C#C[C@@H](C)OC[C@@H]1CO1. The molecular formula is C7H10O2. The van der Waals surface area contributed by atoms with Crippen LogP contribution < -0.4 is 0 Å². The molecule has 2 heteroatoms. The fourth-order valence-electron chi connectivity index (χ4n) is 0.464. The summed E-state index contributed by atoms with van der Waals surface area (Å²) in [7, 11) is 0. The number of terminal acetylenes is 1. The van der Waals surface area contributed by atoms with E-state index in [0.29, 0.717) is 12.7 Å². The molecule has 0 aromatic carbocycles. The Bertz CT molecular complexity index is 121. The van der Waals surface area contributed by atoms with Gasteiger partial charge in [0.25, 0.3) is 0 Å². The van der Waals surface area contributed by atoms with Gasteiger partial charge in [-0.15, -0.1) is 6.42 Å². The van der Waals surface area contributed by atoms with Gasteiger partial charge in [0.2, 0.25) is 0 Å². The summed E-state index contributed by atoms with van der Waals surface area (Å²) in [5.74, 6) is 2.47. The molecule has 50 valence electrons. The standard InChI is InChI=1S/C7H10O2/c1-3-6(2)8-4-7-5-9-7/h1,6-7H,4-5H2,2H3/t6-,7-/m1/s1. The molecular weight excluding hydrogens is 116 g/mol. The Labute approximate surface area is 55.1 Å². The average Bonchev–Trinajstić information content (AvgIpc) is 2.65. The van der Waals surface area contributed by atoms with Crippen LogP contribution in [0, 0.1) is 12.3 Å². The lowest BCUT2D eigenvalue weighted by molar-refractivity contribution is 0.0888. The van der Waals surface area contributed by atoms with Crippen molar-refractivity contribution < 1.29 is 9.47 Å². The molecule has 2 nitrogen and oxygen atoms in total. The highest BCUT2D eigenvalue weighted by Gasteiger charge is 2.22. The fraction of sp³-hybridized carbons (Fsp3) is 0.714. The van der Waals surface area contributed by atoms with E-state index in [1.165, 1.54) is 0 Å². The van der Waals surface area contributed by atoms with E-state index in [4.69, 9.17) is 15.9 Å². The Hall–Kier alpha value is -0.520. The first-order valence-corrected chi connectivity index (χ1v) is 3.02. The van der Waals surface area contributed by atoms with Crippen molar-refractivity contribution >= 4 is 0 Å². The average molecular weight is 126 g/mol. The topological polar surface area (TPSA) is 21.8 Å². The van der Waals surface area contributed by atoms with Gasteiger partial charge in [0.05, 0.1) is 13.2 Å². The Morgan fingerprint density at radius 1 is 2.00 bits per heavy atom. The summed E-state index contributed by atoms with van der Waals surface area (Å²) >= 11 is 0. The van der Waals surface area contributed by atoms with Crippen LogP contribution in [0.5, 0.6) is 0 Å². The third-order valence-electron chi connectivity index (χ3n) is 1.17. The van der Waals surface area contributed by atoms with Crippen LogP contribution in [0.4, 0.5) is 0 Å². The van der Waals surface area contributed by atoms with Crippen molar-refractivity contribution in [3.05, 3.63) is 0 Å². The van der Waals surface area contributed by atoms with E-state index in [0.717, 1.165) is 6.61 Å². The van der Waals surface area contributed by atoms with Crippen LogP contribution in [0.25, 0.3) is 0 Å².